The molecule has 0 heterocycles. The smallest absolute Gasteiger partial charge is 0.448 e. The van der Waals surface area contributed by atoms with E-state index < -0.39 is 13.7 Å². The average Bonchev–Trinajstić information content (AvgIpc) is 2.18. The summed E-state index contributed by atoms with van der Waals surface area (Å²) in [6.07, 6.45) is 0.838. The number of esters is 1. The molecule has 0 saturated heterocycles. The molecule has 0 rings (SSSR count). The van der Waals surface area contributed by atoms with Gasteiger partial charge in [-0.1, -0.05) is 0 Å². The van der Waals surface area contributed by atoms with E-state index >= 15 is 0 Å². The maximum Gasteiger partial charge on any atom is 0.448 e. The zero-order valence-corrected chi connectivity index (χ0v) is 9.82. The predicted octanol–water partition coefficient (Wildman–Crippen LogP) is 0.916. The highest BCUT2D eigenvalue weighted by Crippen LogP contribution is 2.43. The van der Waals surface area contributed by atoms with E-state index in [4.69, 9.17) is 9.05 Å². The Kier molecular flexibility index (Phi) is 6.94. The molecule has 0 fully saturated rings. The second kappa shape index (κ2) is 7.39. The normalized spacial score (nSPS) is 11.7. The number of carbonyl (C=O) groups is 1. The van der Waals surface area contributed by atoms with Gasteiger partial charge in [0.15, 0.2) is 0 Å². The second-order valence-electron chi connectivity index (χ2n) is 2.21. The number of hydrazone groups is 1. The Morgan fingerprint density at radius 3 is 2.33 bits per heavy atom. The minimum absolute atomic E-state index is 0.206. The molecule has 1 N–H and O–H groups in total. The molecule has 8 heteroatoms. The molecular formula is C7H15N2O5P. The van der Waals surface area contributed by atoms with Crippen LogP contribution < -0.4 is 5.20 Å². The summed E-state index contributed by atoms with van der Waals surface area (Å²) in [6.45, 7) is 3.74. The molecule has 15 heavy (non-hydrogen) atoms. The molecule has 0 bridgehead atoms. The van der Waals surface area contributed by atoms with Gasteiger partial charge in [0.1, 0.15) is 6.21 Å². The maximum atomic E-state index is 11.7. The van der Waals surface area contributed by atoms with Gasteiger partial charge < -0.3 is 4.74 Å². The van der Waals surface area contributed by atoms with Crippen LogP contribution >= 0.6 is 7.75 Å². The molecule has 88 valence electrons. The lowest BCUT2D eigenvalue weighted by Crippen LogP contribution is -2.11. The van der Waals surface area contributed by atoms with Crippen LogP contribution in [-0.2, 0) is 23.1 Å². The van der Waals surface area contributed by atoms with Crippen molar-refractivity contribution >= 4 is 19.9 Å². The zero-order valence-electron chi connectivity index (χ0n) is 8.93. The van der Waals surface area contributed by atoms with Crippen LogP contribution in [0.4, 0.5) is 0 Å². The van der Waals surface area contributed by atoms with Crippen molar-refractivity contribution in [3.05, 3.63) is 0 Å². The summed E-state index contributed by atoms with van der Waals surface area (Å²) >= 11 is 0. The Morgan fingerprint density at radius 2 is 1.93 bits per heavy atom. The largest absolute Gasteiger partial charge is 0.465 e. The van der Waals surface area contributed by atoms with E-state index in [1.807, 2.05) is 0 Å². The number of carbonyl (C=O) groups excluding carboxylic acids is 1. The first-order valence-corrected chi connectivity index (χ1v) is 5.89. The molecule has 0 spiro atoms. The van der Waals surface area contributed by atoms with Crippen LogP contribution in [-0.4, -0.2) is 32.5 Å². The van der Waals surface area contributed by atoms with Gasteiger partial charge in [-0.25, -0.2) is 14.6 Å². The number of hydrogen-bond donors (Lipinski definition) is 1. The van der Waals surface area contributed by atoms with Gasteiger partial charge in [0.2, 0.25) is 0 Å². The number of nitrogens with one attached hydrogen (secondary N) is 1. The third kappa shape index (κ3) is 6.22. The topological polar surface area (TPSA) is 86.2 Å². The molecule has 0 aromatic rings. The fraction of sp³-hybridized carbons (Fsp3) is 0.714. The quantitative estimate of drug-likeness (QED) is 0.307. The predicted molar refractivity (Wildman–Crippen MR) is 54.5 cm³/mol. The maximum absolute atomic E-state index is 11.7. The van der Waals surface area contributed by atoms with E-state index in [1.54, 1.807) is 13.8 Å². The van der Waals surface area contributed by atoms with Crippen LogP contribution in [0.1, 0.15) is 13.8 Å². The fourth-order valence-corrected chi connectivity index (χ4v) is 1.71. The van der Waals surface area contributed by atoms with Crippen LogP contribution in [0.2, 0.25) is 0 Å². The molecule has 0 aliphatic carbocycles. The molecular weight excluding hydrogens is 223 g/mol. The first kappa shape index (κ1) is 14.1. The number of rotatable bonds is 7. The van der Waals surface area contributed by atoms with Crippen molar-refractivity contribution in [1.29, 1.82) is 0 Å². The summed E-state index contributed by atoms with van der Waals surface area (Å²) in [5, 5.41) is 5.53. The molecule has 0 amide bonds. The first-order valence-electron chi connectivity index (χ1n) is 4.35. The lowest BCUT2D eigenvalue weighted by Gasteiger charge is -2.14. The number of nitrogens with zero attached hydrogens (tertiary/aromatic N) is 1. The lowest BCUT2D eigenvalue weighted by atomic mass is 10.8. The van der Waals surface area contributed by atoms with E-state index in [0.29, 0.717) is 0 Å². The minimum Gasteiger partial charge on any atom is -0.465 e. The Hall–Kier alpha value is -0.910. The van der Waals surface area contributed by atoms with E-state index in [-0.39, 0.29) is 13.2 Å². The zero-order chi connectivity index (χ0) is 11.7. The van der Waals surface area contributed by atoms with Crippen molar-refractivity contribution in [3.8, 4) is 0 Å². The highest BCUT2D eigenvalue weighted by atomic mass is 31.2. The Labute approximate surface area is 88.4 Å². The van der Waals surface area contributed by atoms with Gasteiger partial charge in [0.05, 0.1) is 20.3 Å². The minimum atomic E-state index is -3.44. The van der Waals surface area contributed by atoms with Crippen LogP contribution in [0.5, 0.6) is 0 Å². The van der Waals surface area contributed by atoms with Gasteiger partial charge in [0, 0.05) is 0 Å². The molecule has 0 atom stereocenters. The van der Waals surface area contributed by atoms with Crippen molar-refractivity contribution in [3.63, 3.8) is 0 Å². The molecule has 7 nitrogen and oxygen atoms in total. The van der Waals surface area contributed by atoms with Crippen molar-refractivity contribution in [2.45, 2.75) is 13.8 Å². The average molecular weight is 238 g/mol. The first-order chi connectivity index (χ1) is 7.08. The van der Waals surface area contributed by atoms with Crippen molar-refractivity contribution in [1.82, 2.24) is 5.20 Å². The molecule has 0 aromatic heterocycles. The SMILES string of the molecule is CCOP(=O)(NN=CC(=O)OC)OCC. The number of ether oxygens (including phenoxy) is 1. The van der Waals surface area contributed by atoms with Crippen LogP contribution in [0.15, 0.2) is 5.10 Å². The van der Waals surface area contributed by atoms with Gasteiger partial charge in [0.25, 0.3) is 0 Å². The Bertz CT molecular complexity index is 258. The van der Waals surface area contributed by atoms with Gasteiger partial charge >= 0.3 is 13.7 Å². The third-order valence-electron chi connectivity index (χ3n) is 1.15. The van der Waals surface area contributed by atoms with Crippen molar-refractivity contribution < 1.29 is 23.1 Å². The summed E-state index contributed by atoms with van der Waals surface area (Å²) < 4.78 is 25.6. The highest BCUT2D eigenvalue weighted by molar-refractivity contribution is 7.51. The molecule has 0 aliphatic rings. The van der Waals surface area contributed by atoms with Crippen LogP contribution in [0.3, 0.4) is 0 Å². The van der Waals surface area contributed by atoms with Crippen LogP contribution in [0.25, 0.3) is 0 Å². The molecule has 0 aromatic carbocycles. The molecule has 0 saturated carbocycles. The monoisotopic (exact) mass is 238 g/mol. The van der Waals surface area contributed by atoms with E-state index in [9.17, 15) is 9.36 Å². The van der Waals surface area contributed by atoms with Gasteiger partial charge in [-0.15, -0.1) is 0 Å². The van der Waals surface area contributed by atoms with Gasteiger partial charge in [-0.05, 0) is 13.8 Å². The van der Waals surface area contributed by atoms with Crippen molar-refractivity contribution in [2.75, 3.05) is 20.3 Å². The fourth-order valence-electron chi connectivity index (χ4n) is 0.640. The molecule has 0 unspecified atom stereocenters. The third-order valence-corrected chi connectivity index (χ3v) is 2.71. The Morgan fingerprint density at radius 1 is 1.40 bits per heavy atom. The summed E-state index contributed by atoms with van der Waals surface area (Å²) in [4.78, 5) is 10.6. The summed E-state index contributed by atoms with van der Waals surface area (Å²) in [5.41, 5.74) is 0. The Balaban J connectivity index is 4.23. The highest BCUT2D eigenvalue weighted by Gasteiger charge is 2.22. The summed E-state index contributed by atoms with van der Waals surface area (Å²) in [7, 11) is -2.23. The number of methoxy groups -OCH3 is 1. The number of hydrogen-bond acceptors (Lipinski definition) is 6. The van der Waals surface area contributed by atoms with Crippen molar-refractivity contribution in [2.24, 2.45) is 5.10 Å². The van der Waals surface area contributed by atoms with E-state index in [0.717, 1.165) is 6.21 Å². The van der Waals surface area contributed by atoms with Gasteiger partial charge in [-0.2, -0.15) is 5.10 Å². The van der Waals surface area contributed by atoms with Crippen LogP contribution in [0, 0.1) is 0 Å². The summed E-state index contributed by atoms with van der Waals surface area (Å²) in [5.74, 6) is -0.665. The standard InChI is InChI=1S/C7H15N2O5P/c1-4-13-15(11,14-5-2)9-8-6-7(10)12-3/h6H,4-5H2,1-3H3,(H,9,11). The van der Waals surface area contributed by atoms with E-state index in [2.05, 4.69) is 15.0 Å². The van der Waals surface area contributed by atoms with Gasteiger partial charge in [-0.3, -0.25) is 9.05 Å². The second-order valence-corrected chi connectivity index (χ2v) is 3.93. The molecule has 0 aliphatic heterocycles. The van der Waals surface area contributed by atoms with E-state index in [1.165, 1.54) is 7.11 Å². The lowest BCUT2D eigenvalue weighted by molar-refractivity contribution is -0.132. The summed E-state index contributed by atoms with van der Waals surface area (Å²) in [6, 6.07) is 0. The molecule has 0 radical (unpaired) electrons.